The molecule has 3 nitrogen and oxygen atoms in total. The molecule has 1 atom stereocenters. The van der Waals surface area contributed by atoms with Crippen molar-refractivity contribution in [1.82, 2.24) is 5.16 Å². The number of nitrogens with two attached hydrogens (primary N) is 1. The van der Waals surface area contributed by atoms with Crippen molar-refractivity contribution in [2.45, 2.75) is 19.4 Å². The van der Waals surface area contributed by atoms with Gasteiger partial charge in [-0.1, -0.05) is 5.16 Å². The molecule has 0 saturated carbocycles. The summed E-state index contributed by atoms with van der Waals surface area (Å²) in [5.74, 6) is 0.852. The fourth-order valence-corrected chi connectivity index (χ4v) is 0.665. The molecule has 0 unspecified atom stereocenters. The predicted octanol–water partition coefficient (Wildman–Crippen LogP) is 0.564. The maximum atomic E-state index is 5.50. The van der Waals surface area contributed by atoms with Gasteiger partial charge in [-0.25, -0.2) is 0 Å². The lowest BCUT2D eigenvalue weighted by atomic mass is 10.2. The molecule has 9 heavy (non-hydrogen) atoms. The van der Waals surface area contributed by atoms with Crippen molar-refractivity contribution in [3.8, 4) is 0 Å². The quantitative estimate of drug-likeness (QED) is 0.630. The Labute approximate surface area is 53.8 Å². The van der Waals surface area contributed by atoms with E-state index in [0.29, 0.717) is 0 Å². The molecule has 1 rings (SSSR count). The number of aromatic nitrogens is 1. The van der Waals surface area contributed by atoms with E-state index in [-0.39, 0.29) is 6.04 Å². The fraction of sp³-hybridized carbons (Fsp3) is 0.500. The Morgan fingerprint density at radius 1 is 1.89 bits per heavy atom. The van der Waals surface area contributed by atoms with Crippen LogP contribution in [0.3, 0.4) is 0 Å². The summed E-state index contributed by atoms with van der Waals surface area (Å²) in [6, 6.07) is 1.97. The molecule has 0 bridgehead atoms. The van der Waals surface area contributed by atoms with E-state index >= 15 is 0 Å². The molecule has 2 N–H and O–H groups in total. The first-order valence-corrected chi connectivity index (χ1v) is 2.94. The van der Waals surface area contributed by atoms with Crippen LogP contribution >= 0.6 is 0 Å². The lowest BCUT2D eigenvalue weighted by molar-refractivity contribution is 0.377. The van der Waals surface area contributed by atoms with Gasteiger partial charge in [0.2, 0.25) is 0 Å². The van der Waals surface area contributed by atoms with Gasteiger partial charge in [-0.2, -0.15) is 0 Å². The molecular formula is C6H10N2O. The average Bonchev–Trinajstić information content (AvgIpc) is 2.15. The van der Waals surface area contributed by atoms with Crippen LogP contribution < -0.4 is 5.73 Å². The minimum Gasteiger partial charge on any atom is -0.361 e. The fourth-order valence-electron chi connectivity index (χ4n) is 0.665. The van der Waals surface area contributed by atoms with E-state index in [2.05, 4.69) is 5.16 Å². The minimum absolute atomic E-state index is 0.151. The predicted molar refractivity (Wildman–Crippen MR) is 33.9 cm³/mol. The zero-order valence-electron chi connectivity index (χ0n) is 5.37. The summed E-state index contributed by atoms with van der Waals surface area (Å²) in [4.78, 5) is 0. The van der Waals surface area contributed by atoms with E-state index in [1.54, 1.807) is 6.20 Å². The number of nitrogens with zero attached hydrogens (tertiary/aromatic N) is 1. The molecule has 50 valence electrons. The summed E-state index contributed by atoms with van der Waals surface area (Å²) in [6.45, 7) is 1.93. The van der Waals surface area contributed by atoms with Gasteiger partial charge in [-0.15, -0.1) is 0 Å². The summed E-state index contributed by atoms with van der Waals surface area (Å²) in [6.07, 6.45) is 2.39. The first kappa shape index (κ1) is 6.29. The van der Waals surface area contributed by atoms with Gasteiger partial charge in [0.1, 0.15) is 5.76 Å². The van der Waals surface area contributed by atoms with Gasteiger partial charge in [0.05, 0.1) is 6.20 Å². The molecule has 0 aromatic carbocycles. The Balaban J connectivity index is 2.48. The van der Waals surface area contributed by atoms with Crippen molar-refractivity contribution in [1.29, 1.82) is 0 Å². The number of hydrogen-bond donors (Lipinski definition) is 1. The van der Waals surface area contributed by atoms with Crippen molar-refractivity contribution in [2.24, 2.45) is 5.73 Å². The standard InChI is InChI=1S/C6H10N2O/c1-5(7)4-6-2-3-8-9-6/h2-3,5H,4,7H2,1H3/t5-/m1/s1. The van der Waals surface area contributed by atoms with Crippen LogP contribution in [0.4, 0.5) is 0 Å². The molecule has 1 heterocycles. The maximum absolute atomic E-state index is 5.50. The smallest absolute Gasteiger partial charge is 0.138 e. The van der Waals surface area contributed by atoms with Crippen molar-refractivity contribution < 1.29 is 4.52 Å². The first-order valence-electron chi connectivity index (χ1n) is 2.94. The topological polar surface area (TPSA) is 52.0 Å². The van der Waals surface area contributed by atoms with E-state index in [1.165, 1.54) is 0 Å². The molecule has 0 aliphatic carbocycles. The molecule has 1 aromatic heterocycles. The lowest BCUT2D eigenvalue weighted by Gasteiger charge is -1.97. The van der Waals surface area contributed by atoms with Crippen LogP contribution in [0.25, 0.3) is 0 Å². The van der Waals surface area contributed by atoms with Crippen LogP contribution in [0.15, 0.2) is 16.8 Å². The second-order valence-electron chi connectivity index (χ2n) is 2.16. The molecule has 0 saturated heterocycles. The zero-order chi connectivity index (χ0) is 6.69. The monoisotopic (exact) mass is 126 g/mol. The van der Waals surface area contributed by atoms with Gasteiger partial charge in [0.15, 0.2) is 0 Å². The van der Waals surface area contributed by atoms with Crippen LogP contribution in [0.1, 0.15) is 12.7 Å². The van der Waals surface area contributed by atoms with Crippen molar-refractivity contribution in [2.75, 3.05) is 0 Å². The van der Waals surface area contributed by atoms with Crippen LogP contribution in [-0.2, 0) is 6.42 Å². The average molecular weight is 126 g/mol. The van der Waals surface area contributed by atoms with E-state index in [1.807, 2.05) is 13.0 Å². The zero-order valence-corrected chi connectivity index (χ0v) is 5.37. The molecular weight excluding hydrogens is 116 g/mol. The third kappa shape index (κ3) is 1.85. The van der Waals surface area contributed by atoms with Crippen molar-refractivity contribution in [3.05, 3.63) is 18.0 Å². The van der Waals surface area contributed by atoms with Gasteiger partial charge in [-0.3, -0.25) is 0 Å². The Morgan fingerprint density at radius 2 is 2.67 bits per heavy atom. The van der Waals surface area contributed by atoms with Gasteiger partial charge < -0.3 is 10.3 Å². The number of hydrogen-bond acceptors (Lipinski definition) is 3. The molecule has 3 heteroatoms. The largest absolute Gasteiger partial charge is 0.361 e. The highest BCUT2D eigenvalue weighted by atomic mass is 16.5. The van der Waals surface area contributed by atoms with E-state index in [4.69, 9.17) is 10.3 Å². The summed E-state index contributed by atoms with van der Waals surface area (Å²) < 4.78 is 4.81. The Morgan fingerprint density at radius 3 is 3.11 bits per heavy atom. The van der Waals surface area contributed by atoms with Gasteiger partial charge in [-0.05, 0) is 6.92 Å². The van der Waals surface area contributed by atoms with E-state index < -0.39 is 0 Å². The highest BCUT2D eigenvalue weighted by Gasteiger charge is 1.99. The summed E-state index contributed by atoms with van der Waals surface area (Å²) in [5.41, 5.74) is 5.50. The minimum atomic E-state index is 0.151. The second kappa shape index (κ2) is 2.64. The van der Waals surface area contributed by atoms with Crippen LogP contribution in [-0.4, -0.2) is 11.2 Å². The molecule has 1 aromatic rings. The Hall–Kier alpha value is -0.830. The summed E-state index contributed by atoms with van der Waals surface area (Å²) in [7, 11) is 0. The van der Waals surface area contributed by atoms with Crippen LogP contribution in [0, 0.1) is 0 Å². The van der Waals surface area contributed by atoms with Crippen LogP contribution in [0.2, 0.25) is 0 Å². The van der Waals surface area contributed by atoms with E-state index in [0.717, 1.165) is 12.2 Å². The van der Waals surface area contributed by atoms with Gasteiger partial charge >= 0.3 is 0 Å². The van der Waals surface area contributed by atoms with Crippen molar-refractivity contribution in [3.63, 3.8) is 0 Å². The maximum Gasteiger partial charge on any atom is 0.138 e. The second-order valence-corrected chi connectivity index (χ2v) is 2.16. The molecule has 0 aliphatic rings. The highest BCUT2D eigenvalue weighted by Crippen LogP contribution is 1.98. The Bertz CT molecular complexity index is 158. The van der Waals surface area contributed by atoms with Gasteiger partial charge in [0, 0.05) is 18.5 Å². The van der Waals surface area contributed by atoms with Crippen LogP contribution in [0.5, 0.6) is 0 Å². The lowest BCUT2D eigenvalue weighted by Crippen LogP contribution is -2.17. The molecule has 0 aliphatic heterocycles. The molecule has 0 fully saturated rings. The highest BCUT2D eigenvalue weighted by molar-refractivity contribution is 4.94. The normalized spacial score (nSPS) is 13.6. The molecule has 0 radical (unpaired) electrons. The summed E-state index contributed by atoms with van der Waals surface area (Å²) >= 11 is 0. The third-order valence-corrected chi connectivity index (χ3v) is 1.01. The SMILES string of the molecule is C[C@@H](N)Cc1ccno1. The van der Waals surface area contributed by atoms with E-state index in [9.17, 15) is 0 Å². The Kier molecular flexibility index (Phi) is 1.85. The first-order chi connectivity index (χ1) is 4.29. The number of rotatable bonds is 2. The third-order valence-electron chi connectivity index (χ3n) is 1.01. The van der Waals surface area contributed by atoms with Gasteiger partial charge in [0.25, 0.3) is 0 Å². The molecule has 0 amide bonds. The summed E-state index contributed by atoms with van der Waals surface area (Å²) in [5, 5.41) is 3.54. The van der Waals surface area contributed by atoms with Crippen molar-refractivity contribution >= 4 is 0 Å². The molecule has 0 spiro atoms.